The normalized spacial score (nSPS) is 22.3. The summed E-state index contributed by atoms with van der Waals surface area (Å²) in [4.78, 5) is 42.3. The van der Waals surface area contributed by atoms with E-state index in [4.69, 9.17) is 0 Å². The number of fused-ring (bicyclic) bond motifs is 1. The van der Waals surface area contributed by atoms with E-state index in [9.17, 15) is 14.4 Å². The van der Waals surface area contributed by atoms with E-state index in [1.165, 1.54) is 0 Å². The molecule has 0 saturated carbocycles. The Morgan fingerprint density at radius 3 is 2.31 bits per heavy atom. The number of benzene rings is 1. The molecular formula is C23H29N3O3. The predicted molar refractivity (Wildman–Crippen MR) is 112 cm³/mol. The van der Waals surface area contributed by atoms with Crippen molar-refractivity contribution in [2.24, 2.45) is 11.8 Å². The molecule has 2 saturated heterocycles. The van der Waals surface area contributed by atoms with Gasteiger partial charge in [-0.3, -0.25) is 14.4 Å². The molecule has 3 heterocycles. The number of carbonyl (C=O) groups excluding carboxylic acids is 3. The molecule has 0 aliphatic carbocycles. The van der Waals surface area contributed by atoms with Crippen LogP contribution in [0.15, 0.2) is 30.5 Å². The molecule has 0 bridgehead atoms. The molecule has 2 atom stereocenters. The summed E-state index contributed by atoms with van der Waals surface area (Å²) >= 11 is 0. The number of para-hydroxylation sites is 1. The maximum absolute atomic E-state index is 13.1. The third-order valence-corrected chi connectivity index (χ3v) is 6.15. The van der Waals surface area contributed by atoms with E-state index >= 15 is 0 Å². The Morgan fingerprint density at radius 2 is 1.62 bits per heavy atom. The smallest absolute Gasteiger partial charge is 0.295 e. The maximum Gasteiger partial charge on any atom is 0.295 e. The maximum atomic E-state index is 13.1. The van der Waals surface area contributed by atoms with Crippen molar-refractivity contribution in [3.05, 3.63) is 36.0 Å². The minimum Gasteiger partial charge on any atom is -0.341 e. The van der Waals surface area contributed by atoms with Gasteiger partial charge in [0.15, 0.2) is 0 Å². The quantitative estimate of drug-likeness (QED) is 0.591. The molecule has 154 valence electrons. The van der Waals surface area contributed by atoms with Gasteiger partial charge in [-0.25, -0.2) is 0 Å². The Kier molecular flexibility index (Phi) is 5.43. The van der Waals surface area contributed by atoms with E-state index < -0.39 is 11.7 Å². The molecule has 1 aromatic carbocycles. The zero-order valence-corrected chi connectivity index (χ0v) is 17.3. The van der Waals surface area contributed by atoms with E-state index in [1.807, 2.05) is 33.7 Å². The number of likely N-dealkylation sites (tertiary alicyclic amines) is 2. The van der Waals surface area contributed by atoms with Gasteiger partial charge in [0, 0.05) is 43.3 Å². The van der Waals surface area contributed by atoms with Crippen LogP contribution >= 0.6 is 0 Å². The van der Waals surface area contributed by atoms with E-state index in [1.54, 1.807) is 11.1 Å². The first kappa shape index (κ1) is 19.7. The molecule has 0 unspecified atom stereocenters. The molecule has 4 rings (SSSR count). The van der Waals surface area contributed by atoms with Crippen LogP contribution in [0.2, 0.25) is 0 Å². The minimum atomic E-state index is -0.477. The number of piperidine rings is 1. The first-order valence-electron chi connectivity index (χ1n) is 10.6. The van der Waals surface area contributed by atoms with E-state index in [0.717, 1.165) is 43.3 Å². The average molecular weight is 396 g/mol. The fraction of sp³-hybridized carbons (Fsp3) is 0.522. The van der Waals surface area contributed by atoms with Gasteiger partial charge in [0.25, 0.3) is 11.7 Å². The van der Waals surface area contributed by atoms with Crippen LogP contribution in [0.3, 0.4) is 0 Å². The Balaban J connectivity index is 1.60. The number of hydrogen-bond acceptors (Lipinski definition) is 3. The van der Waals surface area contributed by atoms with Gasteiger partial charge < -0.3 is 14.4 Å². The Hall–Kier alpha value is -2.63. The van der Waals surface area contributed by atoms with Crippen molar-refractivity contribution in [3.63, 3.8) is 0 Å². The lowest BCUT2D eigenvalue weighted by molar-refractivity contribution is -0.130. The summed E-state index contributed by atoms with van der Waals surface area (Å²) in [5.74, 6) is -0.0517. The molecule has 2 fully saturated rings. The molecule has 2 amide bonds. The van der Waals surface area contributed by atoms with Crippen LogP contribution in [-0.4, -0.2) is 58.1 Å². The fourth-order valence-electron chi connectivity index (χ4n) is 4.86. The van der Waals surface area contributed by atoms with E-state index in [2.05, 4.69) is 13.8 Å². The number of hydrogen-bond donors (Lipinski definition) is 0. The van der Waals surface area contributed by atoms with Crippen molar-refractivity contribution < 1.29 is 14.4 Å². The van der Waals surface area contributed by atoms with E-state index in [-0.39, 0.29) is 12.5 Å². The summed E-state index contributed by atoms with van der Waals surface area (Å²) in [7, 11) is 0. The van der Waals surface area contributed by atoms with Crippen molar-refractivity contribution in [2.45, 2.75) is 39.7 Å². The second kappa shape index (κ2) is 8.01. The molecule has 0 N–H and O–H groups in total. The molecule has 1 aromatic heterocycles. The molecule has 2 aliphatic heterocycles. The molecule has 0 spiro atoms. The van der Waals surface area contributed by atoms with Crippen molar-refractivity contribution in [3.8, 4) is 0 Å². The van der Waals surface area contributed by atoms with Gasteiger partial charge in [0.1, 0.15) is 6.54 Å². The van der Waals surface area contributed by atoms with Crippen molar-refractivity contribution in [1.29, 1.82) is 0 Å². The summed E-state index contributed by atoms with van der Waals surface area (Å²) in [5.41, 5.74) is 1.21. The Labute approximate surface area is 171 Å². The average Bonchev–Trinajstić information content (AvgIpc) is 3.35. The summed E-state index contributed by atoms with van der Waals surface area (Å²) in [6.45, 7) is 7.29. The molecular weight excluding hydrogens is 366 g/mol. The zero-order valence-electron chi connectivity index (χ0n) is 17.3. The van der Waals surface area contributed by atoms with Gasteiger partial charge in [-0.05, 0) is 37.2 Å². The highest BCUT2D eigenvalue weighted by Gasteiger charge is 2.31. The zero-order chi connectivity index (χ0) is 20.5. The molecule has 6 nitrogen and oxygen atoms in total. The first-order chi connectivity index (χ1) is 13.9. The van der Waals surface area contributed by atoms with Gasteiger partial charge in [0.05, 0.1) is 5.56 Å². The topological polar surface area (TPSA) is 62.6 Å². The van der Waals surface area contributed by atoms with Gasteiger partial charge in [-0.15, -0.1) is 0 Å². The second-order valence-electron chi connectivity index (χ2n) is 8.76. The number of aromatic nitrogens is 1. The standard InChI is InChI=1S/C23H29N3O3/c1-16-11-17(2)13-26(12-16)23(29)22(28)19-14-25(20-8-4-3-7-18(19)20)15-21(27)24-9-5-6-10-24/h3-4,7-8,14,16-17H,5-6,9-13,15H2,1-2H3/t16-,17-/m1/s1. The third kappa shape index (κ3) is 3.93. The number of ketones is 1. The highest BCUT2D eigenvalue weighted by atomic mass is 16.2. The SMILES string of the molecule is C[C@@H]1C[C@@H](C)CN(C(=O)C(=O)c2cn(CC(=O)N3CCCC3)c3ccccc23)C1. The van der Waals surface area contributed by atoms with Crippen LogP contribution in [0.4, 0.5) is 0 Å². The third-order valence-electron chi connectivity index (χ3n) is 6.15. The van der Waals surface area contributed by atoms with Crippen molar-refractivity contribution in [1.82, 2.24) is 14.4 Å². The van der Waals surface area contributed by atoms with Gasteiger partial charge in [-0.1, -0.05) is 32.0 Å². The van der Waals surface area contributed by atoms with Crippen LogP contribution in [0.1, 0.15) is 43.5 Å². The lowest BCUT2D eigenvalue weighted by Gasteiger charge is -2.34. The van der Waals surface area contributed by atoms with Crippen LogP contribution in [-0.2, 0) is 16.1 Å². The predicted octanol–water partition coefficient (Wildman–Crippen LogP) is 2.95. The van der Waals surface area contributed by atoms with Gasteiger partial charge >= 0.3 is 0 Å². The summed E-state index contributed by atoms with van der Waals surface area (Å²) in [6.07, 6.45) is 4.86. The molecule has 6 heteroatoms. The molecule has 2 aliphatic rings. The van der Waals surface area contributed by atoms with Gasteiger partial charge in [-0.2, -0.15) is 0 Å². The summed E-state index contributed by atoms with van der Waals surface area (Å²) in [5, 5.41) is 0.734. The largest absolute Gasteiger partial charge is 0.341 e. The van der Waals surface area contributed by atoms with Crippen LogP contribution < -0.4 is 0 Å². The second-order valence-corrected chi connectivity index (χ2v) is 8.76. The minimum absolute atomic E-state index is 0.0623. The Morgan fingerprint density at radius 1 is 0.966 bits per heavy atom. The number of amides is 2. The van der Waals surface area contributed by atoms with Crippen LogP contribution in [0.5, 0.6) is 0 Å². The highest BCUT2D eigenvalue weighted by molar-refractivity contribution is 6.44. The van der Waals surface area contributed by atoms with Crippen molar-refractivity contribution >= 4 is 28.5 Å². The van der Waals surface area contributed by atoms with E-state index in [0.29, 0.717) is 30.5 Å². The molecule has 2 aromatic rings. The highest BCUT2D eigenvalue weighted by Crippen LogP contribution is 2.25. The van der Waals surface area contributed by atoms with Crippen molar-refractivity contribution in [2.75, 3.05) is 26.2 Å². The number of nitrogens with zero attached hydrogens (tertiary/aromatic N) is 3. The molecule has 29 heavy (non-hydrogen) atoms. The van der Waals surface area contributed by atoms with Crippen LogP contribution in [0.25, 0.3) is 10.9 Å². The van der Waals surface area contributed by atoms with Gasteiger partial charge in [0.2, 0.25) is 5.91 Å². The summed E-state index contributed by atoms with van der Waals surface area (Å²) in [6, 6.07) is 7.51. The lowest BCUT2D eigenvalue weighted by Crippen LogP contribution is -2.45. The number of Topliss-reactive ketones (excluding diaryl/α,β-unsaturated/α-hetero) is 1. The first-order valence-corrected chi connectivity index (χ1v) is 10.6. The lowest BCUT2D eigenvalue weighted by atomic mass is 9.91. The number of carbonyl (C=O) groups is 3. The Bertz CT molecular complexity index is 932. The van der Waals surface area contributed by atoms with Crippen LogP contribution in [0, 0.1) is 11.8 Å². The number of rotatable bonds is 4. The summed E-state index contributed by atoms with van der Waals surface area (Å²) < 4.78 is 1.82. The fourth-order valence-corrected chi connectivity index (χ4v) is 4.86. The monoisotopic (exact) mass is 395 g/mol. The molecule has 0 radical (unpaired) electrons.